The molecule has 7 heteroatoms. The van der Waals surface area contributed by atoms with Gasteiger partial charge in [0.15, 0.2) is 4.80 Å². The molecule has 0 saturated heterocycles. The fraction of sp³-hybridized carbons (Fsp3) is 0.250. The number of aromatic nitrogens is 1. The molecule has 0 radical (unpaired) electrons. The zero-order valence-corrected chi connectivity index (χ0v) is 16.2. The minimum atomic E-state index is -0.398. The highest BCUT2D eigenvalue weighted by Gasteiger charge is 2.12. The number of hydrogen-bond acceptors (Lipinski definition) is 5. The Morgan fingerprint density at radius 3 is 2.56 bits per heavy atom. The van der Waals surface area contributed by atoms with Gasteiger partial charge in [-0.15, -0.1) is 0 Å². The minimum absolute atomic E-state index is 0.00501. The molecular formula is C20H20N2O4S. The van der Waals surface area contributed by atoms with Crippen molar-refractivity contribution in [2.75, 3.05) is 13.7 Å². The van der Waals surface area contributed by atoms with Gasteiger partial charge in [0.1, 0.15) is 12.3 Å². The summed E-state index contributed by atoms with van der Waals surface area (Å²) in [6.07, 6.45) is 0. The van der Waals surface area contributed by atoms with Gasteiger partial charge in [-0.05, 0) is 55.8 Å². The lowest BCUT2D eigenvalue weighted by molar-refractivity contribution is -0.141. The van der Waals surface area contributed by atoms with E-state index in [1.165, 1.54) is 18.4 Å². The Morgan fingerprint density at radius 2 is 1.89 bits per heavy atom. The summed E-state index contributed by atoms with van der Waals surface area (Å²) in [7, 11) is 1.34. The number of esters is 1. The van der Waals surface area contributed by atoms with E-state index < -0.39 is 5.97 Å². The first-order chi connectivity index (χ1) is 13.0. The number of rotatable bonds is 5. The van der Waals surface area contributed by atoms with Crippen molar-refractivity contribution in [2.24, 2.45) is 4.99 Å². The molecule has 3 aromatic rings. The number of carbonyl (C=O) groups is 2. The molecule has 0 aliphatic rings. The number of ether oxygens (including phenoxy) is 2. The first-order valence-electron chi connectivity index (χ1n) is 8.50. The Labute approximate surface area is 160 Å². The van der Waals surface area contributed by atoms with Crippen molar-refractivity contribution in [3.8, 4) is 5.75 Å². The maximum atomic E-state index is 12.6. The molecule has 0 fully saturated rings. The van der Waals surface area contributed by atoms with Gasteiger partial charge in [-0.1, -0.05) is 17.4 Å². The Balaban J connectivity index is 2.04. The van der Waals surface area contributed by atoms with Gasteiger partial charge in [-0.2, -0.15) is 4.99 Å². The van der Waals surface area contributed by atoms with E-state index in [2.05, 4.69) is 4.99 Å². The lowest BCUT2D eigenvalue weighted by Gasteiger charge is -2.04. The van der Waals surface area contributed by atoms with E-state index in [0.717, 1.165) is 15.8 Å². The molecule has 1 aromatic heterocycles. The van der Waals surface area contributed by atoms with Crippen LogP contribution in [0, 0.1) is 6.92 Å². The van der Waals surface area contributed by atoms with Crippen LogP contribution in [0.3, 0.4) is 0 Å². The number of methoxy groups -OCH3 is 1. The Kier molecular flexibility index (Phi) is 5.71. The molecule has 0 spiro atoms. The number of amides is 1. The molecule has 0 bridgehead atoms. The Hall–Kier alpha value is -2.93. The molecule has 0 atom stereocenters. The molecule has 0 aliphatic heterocycles. The molecule has 0 saturated carbocycles. The molecular weight excluding hydrogens is 364 g/mol. The number of benzene rings is 2. The van der Waals surface area contributed by atoms with E-state index in [4.69, 9.17) is 9.47 Å². The second kappa shape index (κ2) is 8.18. The van der Waals surface area contributed by atoms with Crippen LogP contribution < -0.4 is 9.54 Å². The van der Waals surface area contributed by atoms with Crippen LogP contribution in [0.4, 0.5) is 0 Å². The highest BCUT2D eigenvalue weighted by Crippen LogP contribution is 2.19. The third-order valence-corrected chi connectivity index (χ3v) is 5.00. The average Bonchev–Trinajstić information content (AvgIpc) is 2.98. The average molecular weight is 384 g/mol. The number of thiazole rings is 1. The van der Waals surface area contributed by atoms with Crippen molar-refractivity contribution < 1.29 is 19.1 Å². The normalized spacial score (nSPS) is 11.6. The topological polar surface area (TPSA) is 69.9 Å². The van der Waals surface area contributed by atoms with Crippen molar-refractivity contribution >= 4 is 33.4 Å². The molecule has 0 aliphatic carbocycles. The van der Waals surface area contributed by atoms with Crippen LogP contribution in [0.5, 0.6) is 5.75 Å². The number of hydrogen-bond donors (Lipinski definition) is 0. The number of fused-ring (bicyclic) bond motifs is 1. The highest BCUT2D eigenvalue weighted by molar-refractivity contribution is 7.16. The molecule has 140 valence electrons. The predicted octanol–water partition coefficient (Wildman–Crippen LogP) is 3.32. The van der Waals surface area contributed by atoms with Gasteiger partial charge in [-0.3, -0.25) is 9.59 Å². The van der Waals surface area contributed by atoms with Crippen LogP contribution in [0.15, 0.2) is 47.5 Å². The lowest BCUT2D eigenvalue weighted by atomic mass is 10.2. The van der Waals surface area contributed by atoms with Crippen LogP contribution in [-0.2, 0) is 16.1 Å². The molecule has 6 nitrogen and oxygen atoms in total. The maximum Gasteiger partial charge on any atom is 0.325 e. The smallest absolute Gasteiger partial charge is 0.325 e. The second-order valence-corrected chi connectivity index (χ2v) is 6.90. The van der Waals surface area contributed by atoms with Crippen molar-refractivity contribution in [1.29, 1.82) is 0 Å². The summed E-state index contributed by atoms with van der Waals surface area (Å²) in [6, 6.07) is 12.7. The Morgan fingerprint density at radius 1 is 1.15 bits per heavy atom. The van der Waals surface area contributed by atoms with Gasteiger partial charge in [0.05, 0.1) is 23.9 Å². The highest BCUT2D eigenvalue weighted by atomic mass is 32.1. The molecule has 1 amide bonds. The van der Waals surface area contributed by atoms with Gasteiger partial charge < -0.3 is 14.0 Å². The molecule has 1 heterocycles. The molecule has 0 unspecified atom stereocenters. The van der Waals surface area contributed by atoms with Crippen molar-refractivity contribution in [1.82, 2.24) is 4.57 Å². The van der Waals surface area contributed by atoms with Crippen LogP contribution in [0.25, 0.3) is 10.2 Å². The van der Waals surface area contributed by atoms with Crippen LogP contribution in [0.1, 0.15) is 22.8 Å². The minimum Gasteiger partial charge on any atom is -0.494 e. The Bertz CT molecular complexity index is 1050. The van der Waals surface area contributed by atoms with Crippen molar-refractivity contribution in [2.45, 2.75) is 20.4 Å². The van der Waals surface area contributed by atoms with Gasteiger partial charge >= 0.3 is 5.97 Å². The van der Waals surface area contributed by atoms with Crippen LogP contribution in [-0.4, -0.2) is 30.2 Å². The van der Waals surface area contributed by atoms with Gasteiger partial charge in [0.25, 0.3) is 5.91 Å². The van der Waals surface area contributed by atoms with Crippen molar-refractivity contribution in [3.05, 3.63) is 58.4 Å². The van der Waals surface area contributed by atoms with E-state index in [-0.39, 0.29) is 12.5 Å². The summed E-state index contributed by atoms with van der Waals surface area (Å²) in [5.41, 5.74) is 2.39. The molecule has 3 rings (SSSR count). The largest absolute Gasteiger partial charge is 0.494 e. The lowest BCUT2D eigenvalue weighted by Crippen LogP contribution is -2.22. The number of aryl methyl sites for hydroxylation is 1. The standard InChI is InChI=1S/C20H20N2O4S/c1-4-26-15-8-6-14(7-9-15)19(24)21-20-22(12-18(23)25-3)16-10-5-13(2)11-17(16)27-20/h5-11H,4,12H2,1-3H3. The number of carbonyl (C=O) groups excluding carboxylic acids is 2. The maximum absolute atomic E-state index is 12.6. The molecule has 2 aromatic carbocycles. The van der Waals surface area contributed by atoms with Crippen LogP contribution >= 0.6 is 11.3 Å². The van der Waals surface area contributed by atoms with E-state index in [9.17, 15) is 9.59 Å². The second-order valence-electron chi connectivity index (χ2n) is 5.89. The molecule has 27 heavy (non-hydrogen) atoms. The third-order valence-electron chi connectivity index (χ3n) is 3.96. The van der Waals surface area contributed by atoms with E-state index >= 15 is 0 Å². The van der Waals surface area contributed by atoms with Crippen molar-refractivity contribution in [3.63, 3.8) is 0 Å². The summed E-state index contributed by atoms with van der Waals surface area (Å²) in [6.45, 7) is 4.45. The summed E-state index contributed by atoms with van der Waals surface area (Å²) >= 11 is 1.37. The fourth-order valence-electron chi connectivity index (χ4n) is 2.62. The monoisotopic (exact) mass is 384 g/mol. The van der Waals surface area contributed by atoms with Crippen LogP contribution in [0.2, 0.25) is 0 Å². The van der Waals surface area contributed by atoms with E-state index in [0.29, 0.717) is 22.7 Å². The molecule has 0 N–H and O–H groups in total. The quantitative estimate of drug-likeness (QED) is 0.633. The first-order valence-corrected chi connectivity index (χ1v) is 9.32. The SMILES string of the molecule is CCOc1ccc(C(=O)N=c2sc3cc(C)ccc3n2CC(=O)OC)cc1. The zero-order valence-electron chi connectivity index (χ0n) is 15.4. The summed E-state index contributed by atoms with van der Waals surface area (Å²) in [4.78, 5) is 29.1. The van der Waals surface area contributed by atoms with Gasteiger partial charge in [0, 0.05) is 5.56 Å². The summed E-state index contributed by atoms with van der Waals surface area (Å²) < 4.78 is 12.8. The van der Waals surface area contributed by atoms with Gasteiger partial charge in [0.2, 0.25) is 0 Å². The third kappa shape index (κ3) is 4.25. The zero-order chi connectivity index (χ0) is 19.4. The first kappa shape index (κ1) is 18.8. The summed E-state index contributed by atoms with van der Waals surface area (Å²) in [5, 5.41) is 0. The summed E-state index contributed by atoms with van der Waals surface area (Å²) in [5.74, 6) is -0.0719. The fourth-order valence-corrected chi connectivity index (χ4v) is 3.75. The van der Waals surface area contributed by atoms with E-state index in [1.54, 1.807) is 28.8 Å². The van der Waals surface area contributed by atoms with Gasteiger partial charge in [-0.25, -0.2) is 0 Å². The predicted molar refractivity (Wildman–Crippen MR) is 104 cm³/mol. The number of nitrogens with zero attached hydrogens (tertiary/aromatic N) is 2. The van der Waals surface area contributed by atoms with E-state index in [1.807, 2.05) is 32.0 Å².